The van der Waals surface area contributed by atoms with E-state index in [1.54, 1.807) is 6.07 Å². The van der Waals surface area contributed by atoms with Gasteiger partial charge in [0.1, 0.15) is 5.69 Å². The number of hydrogen-bond donors (Lipinski definition) is 1. The summed E-state index contributed by atoms with van der Waals surface area (Å²) in [6.07, 6.45) is 5.15. The average Bonchev–Trinajstić information content (AvgIpc) is 3.05. The molecule has 1 aromatic heterocycles. The quantitative estimate of drug-likeness (QED) is 0.849. The van der Waals surface area contributed by atoms with E-state index < -0.39 is 0 Å². The van der Waals surface area contributed by atoms with Crippen LogP contribution in [0.4, 0.5) is 5.69 Å². The van der Waals surface area contributed by atoms with Gasteiger partial charge in [0.25, 0.3) is 5.91 Å². The number of aryl methyl sites for hydroxylation is 1. The number of nitrogens with two attached hydrogens (primary N) is 1. The second kappa shape index (κ2) is 4.82. The molecule has 17 heavy (non-hydrogen) atoms. The van der Waals surface area contributed by atoms with Crippen molar-refractivity contribution < 1.29 is 4.79 Å². The maximum Gasteiger partial charge on any atom is 0.270 e. The maximum absolute atomic E-state index is 12.4. The predicted octanol–water partition coefficient (Wildman–Crippen LogP) is 2.10. The molecule has 0 unspecified atom stereocenters. The zero-order valence-electron chi connectivity index (χ0n) is 10.6. The van der Waals surface area contributed by atoms with Crippen LogP contribution in [0.1, 0.15) is 43.6 Å². The lowest BCUT2D eigenvalue weighted by Gasteiger charge is -2.21. The summed E-state index contributed by atoms with van der Waals surface area (Å²) in [5.74, 6) is 0.125. The number of nitrogen functional groups attached to an aromatic ring is 1. The lowest BCUT2D eigenvalue weighted by molar-refractivity contribution is 0.0741. The molecule has 4 nitrogen and oxygen atoms in total. The van der Waals surface area contributed by atoms with Gasteiger partial charge in [-0.2, -0.15) is 0 Å². The molecule has 1 fully saturated rings. The molecule has 0 atom stereocenters. The number of carbonyl (C=O) groups is 1. The number of hydrogen-bond acceptors (Lipinski definition) is 2. The Morgan fingerprint density at radius 3 is 2.76 bits per heavy atom. The molecular weight excluding hydrogens is 214 g/mol. The van der Waals surface area contributed by atoms with Crippen LogP contribution in [0.3, 0.4) is 0 Å². The second-order valence-corrected chi connectivity index (χ2v) is 4.67. The van der Waals surface area contributed by atoms with E-state index in [9.17, 15) is 4.79 Å². The molecule has 0 radical (unpaired) electrons. The number of carbonyl (C=O) groups excluding carboxylic acids is 1. The summed E-state index contributed by atoms with van der Waals surface area (Å²) < 4.78 is 1.97. The molecule has 2 N–H and O–H groups in total. The van der Waals surface area contributed by atoms with Gasteiger partial charge < -0.3 is 15.2 Å². The van der Waals surface area contributed by atoms with E-state index in [2.05, 4.69) is 6.92 Å². The first-order chi connectivity index (χ1) is 8.17. The third-order valence-electron chi connectivity index (χ3n) is 3.19. The number of anilines is 1. The van der Waals surface area contributed by atoms with E-state index in [0.717, 1.165) is 38.0 Å². The van der Waals surface area contributed by atoms with Crippen LogP contribution < -0.4 is 5.73 Å². The Balaban J connectivity index is 2.22. The van der Waals surface area contributed by atoms with Gasteiger partial charge in [-0.1, -0.05) is 6.92 Å². The molecule has 1 aromatic rings. The summed E-state index contributed by atoms with van der Waals surface area (Å²) in [6, 6.07) is 2.25. The van der Waals surface area contributed by atoms with E-state index in [1.165, 1.54) is 0 Å². The highest BCUT2D eigenvalue weighted by atomic mass is 16.2. The summed E-state index contributed by atoms with van der Waals surface area (Å²) in [7, 11) is 0. The van der Waals surface area contributed by atoms with Gasteiger partial charge in [0.2, 0.25) is 0 Å². The molecular formula is C13H21N3O. The molecule has 1 amide bonds. The number of aromatic nitrogens is 1. The molecule has 0 aliphatic heterocycles. The van der Waals surface area contributed by atoms with E-state index in [0.29, 0.717) is 11.7 Å². The molecule has 1 aliphatic carbocycles. The molecule has 94 valence electrons. The predicted molar refractivity (Wildman–Crippen MR) is 68.9 cm³/mol. The topological polar surface area (TPSA) is 51.3 Å². The van der Waals surface area contributed by atoms with Crippen LogP contribution >= 0.6 is 0 Å². The van der Waals surface area contributed by atoms with Crippen molar-refractivity contribution in [1.29, 1.82) is 0 Å². The molecule has 1 heterocycles. The molecule has 4 heteroatoms. The maximum atomic E-state index is 12.4. The zero-order valence-corrected chi connectivity index (χ0v) is 10.6. The van der Waals surface area contributed by atoms with Crippen molar-refractivity contribution in [2.45, 2.75) is 45.7 Å². The van der Waals surface area contributed by atoms with Crippen LogP contribution in [-0.2, 0) is 6.54 Å². The van der Waals surface area contributed by atoms with Gasteiger partial charge in [-0.25, -0.2) is 0 Å². The Bertz CT molecular complexity index is 407. The minimum absolute atomic E-state index is 0.125. The molecule has 0 aromatic carbocycles. The van der Waals surface area contributed by atoms with Crippen LogP contribution in [0.5, 0.6) is 0 Å². The van der Waals surface area contributed by atoms with Crippen molar-refractivity contribution in [2.24, 2.45) is 0 Å². The van der Waals surface area contributed by atoms with Gasteiger partial charge in [-0.3, -0.25) is 4.79 Å². The monoisotopic (exact) mass is 235 g/mol. The van der Waals surface area contributed by atoms with E-state index in [-0.39, 0.29) is 5.91 Å². The summed E-state index contributed by atoms with van der Waals surface area (Å²) >= 11 is 0. The molecule has 2 rings (SSSR count). The van der Waals surface area contributed by atoms with Gasteiger partial charge in [0.15, 0.2) is 0 Å². The first-order valence-corrected chi connectivity index (χ1v) is 6.44. The van der Waals surface area contributed by atoms with Crippen molar-refractivity contribution in [3.63, 3.8) is 0 Å². The van der Waals surface area contributed by atoms with Crippen molar-refractivity contribution in [2.75, 3.05) is 12.3 Å². The minimum atomic E-state index is 0.125. The van der Waals surface area contributed by atoms with Crippen LogP contribution in [-0.4, -0.2) is 28.0 Å². The fourth-order valence-corrected chi connectivity index (χ4v) is 2.24. The van der Waals surface area contributed by atoms with Gasteiger partial charge in [-0.15, -0.1) is 0 Å². The van der Waals surface area contributed by atoms with Crippen molar-refractivity contribution in [3.8, 4) is 0 Å². The van der Waals surface area contributed by atoms with E-state index in [1.807, 2.05) is 22.6 Å². The third kappa shape index (κ3) is 2.46. The fourth-order valence-electron chi connectivity index (χ4n) is 2.24. The standard InChI is InChI=1S/C13H21N3O/c1-3-7-15-9-10(14)8-12(15)13(17)16(4-2)11-5-6-11/h8-9,11H,3-7,14H2,1-2H3. The minimum Gasteiger partial charge on any atom is -0.397 e. The number of rotatable bonds is 5. The van der Waals surface area contributed by atoms with Gasteiger partial charge in [0, 0.05) is 25.3 Å². The largest absolute Gasteiger partial charge is 0.397 e. The second-order valence-electron chi connectivity index (χ2n) is 4.67. The number of amides is 1. The van der Waals surface area contributed by atoms with Crippen LogP contribution in [0.15, 0.2) is 12.3 Å². The Labute approximate surface area is 102 Å². The Morgan fingerprint density at radius 1 is 1.53 bits per heavy atom. The first-order valence-electron chi connectivity index (χ1n) is 6.44. The summed E-state index contributed by atoms with van der Waals surface area (Å²) in [5, 5.41) is 0. The summed E-state index contributed by atoms with van der Waals surface area (Å²) in [4.78, 5) is 14.4. The zero-order chi connectivity index (χ0) is 12.4. The molecule has 0 saturated heterocycles. The fraction of sp³-hybridized carbons (Fsp3) is 0.615. The third-order valence-corrected chi connectivity index (χ3v) is 3.19. The van der Waals surface area contributed by atoms with Crippen LogP contribution in [0.25, 0.3) is 0 Å². The van der Waals surface area contributed by atoms with Crippen LogP contribution in [0, 0.1) is 0 Å². The van der Waals surface area contributed by atoms with E-state index in [4.69, 9.17) is 5.73 Å². The van der Waals surface area contributed by atoms with Gasteiger partial charge in [0.05, 0.1) is 5.69 Å². The molecule has 0 spiro atoms. The SMILES string of the molecule is CCCn1cc(N)cc1C(=O)N(CC)C1CC1. The Morgan fingerprint density at radius 2 is 2.24 bits per heavy atom. The van der Waals surface area contributed by atoms with Crippen LogP contribution in [0.2, 0.25) is 0 Å². The highest BCUT2D eigenvalue weighted by Crippen LogP contribution is 2.28. The lowest BCUT2D eigenvalue weighted by Crippen LogP contribution is -2.34. The smallest absolute Gasteiger partial charge is 0.270 e. The average molecular weight is 235 g/mol. The van der Waals surface area contributed by atoms with Crippen molar-refractivity contribution in [3.05, 3.63) is 18.0 Å². The highest BCUT2D eigenvalue weighted by Gasteiger charge is 2.32. The van der Waals surface area contributed by atoms with E-state index >= 15 is 0 Å². The summed E-state index contributed by atoms with van der Waals surface area (Å²) in [5.41, 5.74) is 7.20. The molecule has 0 bridgehead atoms. The molecule has 1 saturated carbocycles. The van der Waals surface area contributed by atoms with Gasteiger partial charge >= 0.3 is 0 Å². The highest BCUT2D eigenvalue weighted by molar-refractivity contribution is 5.94. The van der Waals surface area contributed by atoms with Crippen molar-refractivity contribution in [1.82, 2.24) is 9.47 Å². The first kappa shape index (κ1) is 12.0. The Hall–Kier alpha value is -1.45. The normalized spacial score (nSPS) is 14.9. The lowest BCUT2D eigenvalue weighted by atomic mass is 10.3. The molecule has 1 aliphatic rings. The van der Waals surface area contributed by atoms with Gasteiger partial charge in [-0.05, 0) is 32.3 Å². The number of nitrogens with zero attached hydrogens (tertiary/aromatic N) is 2. The Kier molecular flexibility index (Phi) is 3.41. The summed E-state index contributed by atoms with van der Waals surface area (Å²) in [6.45, 7) is 5.76. The van der Waals surface area contributed by atoms with Crippen molar-refractivity contribution >= 4 is 11.6 Å².